The third kappa shape index (κ3) is 3.80. The molecule has 112 valence electrons. The van der Waals surface area contributed by atoms with Crippen LogP contribution in [0.3, 0.4) is 0 Å². The molecule has 0 saturated heterocycles. The summed E-state index contributed by atoms with van der Waals surface area (Å²) < 4.78 is 28.5. The molecule has 0 bridgehead atoms. The fourth-order valence-electron chi connectivity index (χ4n) is 1.81. The van der Waals surface area contributed by atoms with E-state index in [1.807, 2.05) is 13.8 Å². The molecule has 1 aromatic heterocycles. The van der Waals surface area contributed by atoms with Crippen LogP contribution in [0.5, 0.6) is 5.75 Å². The molecule has 7 heteroatoms. The van der Waals surface area contributed by atoms with Crippen LogP contribution in [0, 0.1) is 0 Å². The second-order valence-electron chi connectivity index (χ2n) is 4.60. The molecule has 0 amide bonds. The van der Waals surface area contributed by atoms with Gasteiger partial charge in [-0.3, -0.25) is 0 Å². The zero-order chi connectivity index (χ0) is 15.6. The largest absolute Gasteiger partial charge is 0.435 e. The van der Waals surface area contributed by atoms with Gasteiger partial charge in [-0.2, -0.15) is 8.78 Å². The number of nitrogens with zero attached hydrogens (tertiary/aromatic N) is 2. The van der Waals surface area contributed by atoms with Gasteiger partial charge >= 0.3 is 6.61 Å². The van der Waals surface area contributed by atoms with Crippen LogP contribution in [0.1, 0.15) is 25.3 Å². The topological polar surface area (TPSA) is 35.0 Å². The molecule has 21 heavy (non-hydrogen) atoms. The molecule has 2 aromatic rings. The first-order valence-corrected chi connectivity index (χ1v) is 6.92. The fourth-order valence-corrected chi connectivity index (χ4v) is 2.63. The lowest BCUT2D eigenvalue weighted by molar-refractivity contribution is -0.0498. The standard InChI is InChI=1S/C14H12Cl2F2N2O/c1-7(2)10-11(15)19-13(20-12(10)16)8-3-5-9(6-4-8)21-14(17)18/h3-7,14H,1-2H3. The number of ether oxygens (including phenoxy) is 1. The minimum atomic E-state index is -2.86. The lowest BCUT2D eigenvalue weighted by atomic mass is 10.1. The summed E-state index contributed by atoms with van der Waals surface area (Å²) in [7, 11) is 0. The average Bonchev–Trinajstić information content (AvgIpc) is 2.37. The van der Waals surface area contributed by atoms with E-state index in [0.29, 0.717) is 17.0 Å². The molecule has 0 aliphatic heterocycles. The van der Waals surface area contributed by atoms with Crippen molar-refractivity contribution in [1.29, 1.82) is 0 Å². The van der Waals surface area contributed by atoms with Crippen molar-refractivity contribution in [2.45, 2.75) is 26.4 Å². The molecule has 1 aromatic carbocycles. The van der Waals surface area contributed by atoms with E-state index in [9.17, 15) is 8.78 Å². The van der Waals surface area contributed by atoms with Crippen LogP contribution in [0.25, 0.3) is 11.4 Å². The fraction of sp³-hybridized carbons (Fsp3) is 0.286. The van der Waals surface area contributed by atoms with Crippen molar-refractivity contribution >= 4 is 23.2 Å². The summed E-state index contributed by atoms with van der Waals surface area (Å²) >= 11 is 12.2. The van der Waals surface area contributed by atoms with Gasteiger partial charge in [0.15, 0.2) is 5.82 Å². The van der Waals surface area contributed by atoms with Crippen molar-refractivity contribution in [2.75, 3.05) is 0 Å². The minimum absolute atomic E-state index is 0.0599. The van der Waals surface area contributed by atoms with E-state index in [2.05, 4.69) is 14.7 Å². The molecule has 0 saturated carbocycles. The number of halogens is 4. The quantitative estimate of drug-likeness (QED) is 0.724. The van der Waals surface area contributed by atoms with Gasteiger partial charge in [-0.25, -0.2) is 9.97 Å². The third-order valence-corrected chi connectivity index (χ3v) is 3.34. The van der Waals surface area contributed by atoms with E-state index < -0.39 is 6.61 Å². The Bertz CT molecular complexity index is 610. The summed E-state index contributed by atoms with van der Waals surface area (Å²) in [6.45, 7) is 1.01. The van der Waals surface area contributed by atoms with Crippen LogP contribution in [-0.2, 0) is 0 Å². The predicted octanol–water partition coefficient (Wildman–Crippen LogP) is 5.18. The highest BCUT2D eigenvalue weighted by molar-refractivity contribution is 6.34. The minimum Gasteiger partial charge on any atom is -0.435 e. The van der Waals surface area contributed by atoms with E-state index in [0.717, 1.165) is 0 Å². The normalized spacial score (nSPS) is 11.2. The highest BCUT2D eigenvalue weighted by Gasteiger charge is 2.15. The Labute approximate surface area is 130 Å². The number of hydrogen-bond donors (Lipinski definition) is 0. The Kier molecular flexibility index (Phi) is 4.96. The molecular weight excluding hydrogens is 321 g/mol. The molecule has 0 aliphatic rings. The number of aromatic nitrogens is 2. The summed E-state index contributed by atoms with van der Waals surface area (Å²) in [6.07, 6.45) is 0. The third-order valence-electron chi connectivity index (χ3n) is 2.77. The monoisotopic (exact) mass is 332 g/mol. The van der Waals surface area contributed by atoms with E-state index in [4.69, 9.17) is 23.2 Å². The van der Waals surface area contributed by atoms with Crippen LogP contribution >= 0.6 is 23.2 Å². The Morgan fingerprint density at radius 3 is 1.95 bits per heavy atom. The highest BCUT2D eigenvalue weighted by atomic mass is 35.5. The molecule has 0 unspecified atom stereocenters. The first-order valence-electron chi connectivity index (χ1n) is 6.16. The van der Waals surface area contributed by atoms with Gasteiger partial charge in [0.25, 0.3) is 0 Å². The van der Waals surface area contributed by atoms with Crippen LogP contribution in [0.2, 0.25) is 10.3 Å². The predicted molar refractivity (Wildman–Crippen MR) is 78.2 cm³/mol. The first kappa shape index (κ1) is 15.9. The van der Waals surface area contributed by atoms with Crippen molar-refractivity contribution in [3.8, 4) is 17.1 Å². The second kappa shape index (κ2) is 6.54. The number of alkyl halides is 2. The Morgan fingerprint density at radius 1 is 1.00 bits per heavy atom. The molecule has 3 nitrogen and oxygen atoms in total. The highest BCUT2D eigenvalue weighted by Crippen LogP contribution is 2.31. The van der Waals surface area contributed by atoms with Crippen LogP contribution in [-0.4, -0.2) is 16.6 Å². The zero-order valence-corrected chi connectivity index (χ0v) is 12.8. The molecule has 0 N–H and O–H groups in total. The maximum absolute atomic E-state index is 12.1. The molecule has 0 fully saturated rings. The molecule has 1 heterocycles. The van der Waals surface area contributed by atoms with E-state index >= 15 is 0 Å². The molecule has 0 spiro atoms. The van der Waals surface area contributed by atoms with Gasteiger partial charge in [-0.1, -0.05) is 37.0 Å². The second-order valence-corrected chi connectivity index (χ2v) is 5.32. The molecule has 0 atom stereocenters. The number of hydrogen-bond acceptors (Lipinski definition) is 3. The van der Waals surface area contributed by atoms with Crippen LogP contribution in [0.15, 0.2) is 24.3 Å². The summed E-state index contributed by atoms with van der Waals surface area (Å²) in [4.78, 5) is 8.39. The van der Waals surface area contributed by atoms with Crippen molar-refractivity contribution < 1.29 is 13.5 Å². The maximum atomic E-state index is 12.1. The smallest absolute Gasteiger partial charge is 0.387 e. The van der Waals surface area contributed by atoms with E-state index in [-0.39, 0.29) is 22.0 Å². The van der Waals surface area contributed by atoms with Crippen molar-refractivity contribution in [3.63, 3.8) is 0 Å². The molecular formula is C14H12Cl2F2N2O. The average molecular weight is 333 g/mol. The van der Waals surface area contributed by atoms with Gasteiger partial charge in [-0.05, 0) is 30.2 Å². The summed E-state index contributed by atoms with van der Waals surface area (Å²) in [5.41, 5.74) is 1.29. The zero-order valence-electron chi connectivity index (χ0n) is 11.3. The van der Waals surface area contributed by atoms with E-state index in [1.54, 1.807) is 12.1 Å². The number of rotatable bonds is 4. The van der Waals surface area contributed by atoms with Crippen molar-refractivity contribution in [1.82, 2.24) is 9.97 Å². The SMILES string of the molecule is CC(C)c1c(Cl)nc(-c2ccc(OC(F)F)cc2)nc1Cl. The van der Waals surface area contributed by atoms with Crippen molar-refractivity contribution in [2.24, 2.45) is 0 Å². The lowest BCUT2D eigenvalue weighted by Gasteiger charge is -2.11. The molecule has 0 radical (unpaired) electrons. The lowest BCUT2D eigenvalue weighted by Crippen LogP contribution is -2.02. The van der Waals surface area contributed by atoms with Gasteiger partial charge in [-0.15, -0.1) is 0 Å². The van der Waals surface area contributed by atoms with Gasteiger partial charge in [0.05, 0.1) is 0 Å². The Balaban J connectivity index is 2.34. The summed E-state index contributed by atoms with van der Waals surface area (Å²) in [5.74, 6) is 0.489. The van der Waals surface area contributed by atoms with E-state index in [1.165, 1.54) is 12.1 Å². The number of benzene rings is 1. The van der Waals surface area contributed by atoms with Gasteiger partial charge in [0.2, 0.25) is 0 Å². The van der Waals surface area contributed by atoms with Gasteiger partial charge in [0, 0.05) is 11.1 Å². The van der Waals surface area contributed by atoms with Crippen LogP contribution < -0.4 is 4.74 Å². The Morgan fingerprint density at radius 2 is 1.52 bits per heavy atom. The van der Waals surface area contributed by atoms with Gasteiger partial charge < -0.3 is 4.74 Å². The Hall–Kier alpha value is -1.46. The summed E-state index contributed by atoms with van der Waals surface area (Å²) in [6, 6.07) is 5.94. The molecule has 0 aliphatic carbocycles. The first-order chi connectivity index (χ1) is 9.88. The van der Waals surface area contributed by atoms with Gasteiger partial charge in [0.1, 0.15) is 16.1 Å². The summed E-state index contributed by atoms with van der Waals surface area (Å²) in [5, 5.41) is 0.570. The molecule has 2 rings (SSSR count). The van der Waals surface area contributed by atoms with Crippen LogP contribution in [0.4, 0.5) is 8.78 Å². The van der Waals surface area contributed by atoms with Crippen molar-refractivity contribution in [3.05, 3.63) is 40.1 Å². The maximum Gasteiger partial charge on any atom is 0.387 e.